The molecule has 5 N–H and O–H groups in total. The second-order valence-corrected chi connectivity index (χ2v) is 4.56. The van der Waals surface area contributed by atoms with Crippen LogP contribution in [0.25, 0.3) is 11.2 Å². The molecule has 0 bridgehead atoms. The van der Waals surface area contributed by atoms with Crippen molar-refractivity contribution in [3.05, 3.63) is 16.7 Å². The van der Waals surface area contributed by atoms with Crippen LogP contribution in [0.1, 0.15) is 13.3 Å². The summed E-state index contributed by atoms with van der Waals surface area (Å²) in [6.45, 7) is 2.17. The van der Waals surface area contributed by atoms with Crippen LogP contribution < -0.4 is 17.0 Å². The van der Waals surface area contributed by atoms with Crippen molar-refractivity contribution in [3.8, 4) is 0 Å². The van der Waals surface area contributed by atoms with Gasteiger partial charge >= 0.3 is 5.97 Å². The average Bonchev–Trinajstić information content (AvgIpc) is 2.89. The van der Waals surface area contributed by atoms with Crippen LogP contribution in [0.3, 0.4) is 0 Å². The number of nitrogen functional groups attached to an aromatic ring is 1. The van der Waals surface area contributed by atoms with Gasteiger partial charge in [-0.15, -0.1) is 0 Å². The summed E-state index contributed by atoms with van der Waals surface area (Å²) < 4.78 is 11.8. The van der Waals surface area contributed by atoms with Crippen molar-refractivity contribution in [3.63, 3.8) is 0 Å². The van der Waals surface area contributed by atoms with Gasteiger partial charge in [-0.3, -0.25) is 19.1 Å². The summed E-state index contributed by atoms with van der Waals surface area (Å²) in [4.78, 5) is 33.2. The molecule has 0 aliphatic heterocycles. The first-order valence-electron chi connectivity index (χ1n) is 6.73. The SMILES string of the molecule is CC[C@H](N)C(=O)OCCOCn1cnc2c(=O)[nH]c(N)nc21. The van der Waals surface area contributed by atoms with Crippen molar-refractivity contribution in [1.82, 2.24) is 19.5 Å². The van der Waals surface area contributed by atoms with E-state index in [0.29, 0.717) is 12.1 Å². The number of nitrogens with one attached hydrogen (secondary N) is 1. The Hall–Kier alpha value is -2.46. The number of hydrogen-bond acceptors (Lipinski definition) is 8. The number of imidazole rings is 1. The average molecular weight is 310 g/mol. The summed E-state index contributed by atoms with van der Waals surface area (Å²) in [5, 5.41) is 0. The number of fused-ring (bicyclic) bond motifs is 1. The van der Waals surface area contributed by atoms with Crippen molar-refractivity contribution in [2.45, 2.75) is 26.1 Å². The summed E-state index contributed by atoms with van der Waals surface area (Å²) in [5.74, 6) is -0.457. The normalized spacial score (nSPS) is 12.5. The molecule has 0 aliphatic carbocycles. The number of ether oxygens (including phenoxy) is 2. The van der Waals surface area contributed by atoms with E-state index in [1.165, 1.54) is 10.9 Å². The Morgan fingerprint density at radius 1 is 1.50 bits per heavy atom. The fraction of sp³-hybridized carbons (Fsp3) is 0.500. The molecule has 0 saturated carbocycles. The predicted molar refractivity (Wildman–Crippen MR) is 77.7 cm³/mol. The molecule has 0 amide bonds. The zero-order valence-electron chi connectivity index (χ0n) is 12.1. The standard InChI is InChI=1S/C12H18N6O4/c1-2-7(13)11(20)22-4-3-21-6-18-5-15-8-9(18)16-12(14)17-10(8)19/h5,7H,2-4,6,13H2,1H3,(H3,14,16,17,19)/t7-/m0/s1. The number of H-pyrrole nitrogens is 1. The Morgan fingerprint density at radius 2 is 2.27 bits per heavy atom. The number of anilines is 1. The van der Waals surface area contributed by atoms with Crippen molar-refractivity contribution in [2.75, 3.05) is 18.9 Å². The maximum Gasteiger partial charge on any atom is 0.322 e. The van der Waals surface area contributed by atoms with E-state index in [0.717, 1.165) is 0 Å². The number of aromatic amines is 1. The van der Waals surface area contributed by atoms with Crippen molar-refractivity contribution in [1.29, 1.82) is 0 Å². The Balaban J connectivity index is 1.86. The molecule has 0 fully saturated rings. The van der Waals surface area contributed by atoms with Gasteiger partial charge in [-0.2, -0.15) is 4.98 Å². The Morgan fingerprint density at radius 3 is 3.00 bits per heavy atom. The van der Waals surface area contributed by atoms with Crippen LogP contribution >= 0.6 is 0 Å². The predicted octanol–water partition coefficient (Wildman–Crippen LogP) is -1.04. The molecule has 0 aromatic carbocycles. The molecule has 2 aromatic heterocycles. The third kappa shape index (κ3) is 3.59. The highest BCUT2D eigenvalue weighted by Crippen LogP contribution is 2.06. The fourth-order valence-corrected chi connectivity index (χ4v) is 1.70. The summed E-state index contributed by atoms with van der Waals surface area (Å²) in [6.07, 6.45) is 1.94. The van der Waals surface area contributed by atoms with Crippen LogP contribution in [-0.4, -0.2) is 44.7 Å². The molecule has 0 aliphatic rings. The molecule has 10 nitrogen and oxygen atoms in total. The molecule has 10 heteroatoms. The maximum absolute atomic E-state index is 11.6. The van der Waals surface area contributed by atoms with Gasteiger partial charge in [-0.05, 0) is 6.42 Å². The highest BCUT2D eigenvalue weighted by molar-refractivity contribution is 5.75. The molecule has 2 aromatic rings. The van der Waals surface area contributed by atoms with Crippen LogP contribution in [0, 0.1) is 0 Å². The van der Waals surface area contributed by atoms with E-state index < -0.39 is 17.6 Å². The number of hydrogen-bond donors (Lipinski definition) is 3. The van der Waals surface area contributed by atoms with Crippen LogP contribution in [0.15, 0.2) is 11.1 Å². The summed E-state index contributed by atoms with van der Waals surface area (Å²) in [6, 6.07) is -0.614. The summed E-state index contributed by atoms with van der Waals surface area (Å²) >= 11 is 0. The minimum atomic E-state index is -0.614. The van der Waals surface area contributed by atoms with Crippen molar-refractivity contribution >= 4 is 23.1 Å². The van der Waals surface area contributed by atoms with E-state index in [-0.39, 0.29) is 31.4 Å². The molecular weight excluding hydrogens is 292 g/mol. The minimum Gasteiger partial charge on any atom is -0.462 e. The van der Waals surface area contributed by atoms with Gasteiger partial charge in [0.25, 0.3) is 5.56 Å². The molecule has 0 saturated heterocycles. The van der Waals surface area contributed by atoms with Gasteiger partial charge in [0.15, 0.2) is 11.2 Å². The first kappa shape index (κ1) is 15.9. The highest BCUT2D eigenvalue weighted by atomic mass is 16.6. The largest absolute Gasteiger partial charge is 0.462 e. The van der Waals surface area contributed by atoms with Crippen LogP contribution in [0.4, 0.5) is 5.95 Å². The summed E-state index contributed by atoms with van der Waals surface area (Å²) in [7, 11) is 0. The molecule has 2 heterocycles. The number of carbonyl (C=O) groups excluding carboxylic acids is 1. The molecular formula is C12H18N6O4. The van der Waals surface area contributed by atoms with Gasteiger partial charge in [0.2, 0.25) is 5.95 Å². The van der Waals surface area contributed by atoms with Gasteiger partial charge in [0, 0.05) is 0 Å². The number of rotatable bonds is 7. The number of nitrogens with zero attached hydrogens (tertiary/aromatic N) is 3. The first-order valence-corrected chi connectivity index (χ1v) is 6.73. The van der Waals surface area contributed by atoms with E-state index in [1.54, 1.807) is 6.92 Å². The lowest BCUT2D eigenvalue weighted by Crippen LogP contribution is -2.32. The van der Waals surface area contributed by atoms with Gasteiger partial charge in [0.05, 0.1) is 12.9 Å². The van der Waals surface area contributed by atoms with Crippen molar-refractivity contribution in [2.24, 2.45) is 5.73 Å². The molecule has 2 rings (SSSR count). The zero-order chi connectivity index (χ0) is 16.1. The zero-order valence-corrected chi connectivity index (χ0v) is 12.1. The van der Waals surface area contributed by atoms with Crippen LogP contribution in [0.2, 0.25) is 0 Å². The first-order chi connectivity index (χ1) is 10.5. The Kier molecular flexibility index (Phi) is 5.07. The van der Waals surface area contributed by atoms with Crippen LogP contribution in [-0.2, 0) is 21.0 Å². The molecule has 120 valence electrons. The maximum atomic E-state index is 11.6. The Labute approximate surface area is 125 Å². The lowest BCUT2D eigenvalue weighted by atomic mass is 10.2. The topological polar surface area (TPSA) is 151 Å². The van der Waals surface area contributed by atoms with E-state index in [1.807, 2.05) is 0 Å². The summed E-state index contributed by atoms with van der Waals surface area (Å²) in [5.41, 5.74) is 11.1. The highest BCUT2D eigenvalue weighted by Gasteiger charge is 2.12. The van der Waals surface area contributed by atoms with Gasteiger partial charge in [-0.1, -0.05) is 6.92 Å². The van der Waals surface area contributed by atoms with Gasteiger partial charge in [-0.25, -0.2) is 4.98 Å². The number of esters is 1. The number of aromatic nitrogens is 4. The molecule has 0 spiro atoms. The third-order valence-electron chi connectivity index (χ3n) is 2.94. The second kappa shape index (κ2) is 7.00. The van der Waals surface area contributed by atoms with E-state index >= 15 is 0 Å². The minimum absolute atomic E-state index is 0.00160. The quantitative estimate of drug-likeness (QED) is 0.433. The third-order valence-corrected chi connectivity index (χ3v) is 2.94. The van der Waals surface area contributed by atoms with E-state index in [9.17, 15) is 9.59 Å². The van der Waals surface area contributed by atoms with E-state index in [4.69, 9.17) is 20.9 Å². The lowest BCUT2D eigenvalue weighted by molar-refractivity contribution is -0.147. The second-order valence-electron chi connectivity index (χ2n) is 4.56. The van der Waals surface area contributed by atoms with Crippen molar-refractivity contribution < 1.29 is 14.3 Å². The monoisotopic (exact) mass is 310 g/mol. The smallest absolute Gasteiger partial charge is 0.322 e. The van der Waals surface area contributed by atoms with Gasteiger partial charge in [0.1, 0.15) is 19.4 Å². The fourth-order valence-electron chi connectivity index (χ4n) is 1.70. The molecule has 22 heavy (non-hydrogen) atoms. The van der Waals surface area contributed by atoms with E-state index in [2.05, 4.69) is 15.0 Å². The molecule has 1 atom stereocenters. The van der Waals surface area contributed by atoms with Crippen LogP contribution in [0.5, 0.6) is 0 Å². The lowest BCUT2D eigenvalue weighted by Gasteiger charge is -2.10. The Bertz CT molecular complexity index is 709. The van der Waals surface area contributed by atoms with Gasteiger partial charge < -0.3 is 20.9 Å². The number of carbonyl (C=O) groups is 1. The molecule has 0 unspecified atom stereocenters. The molecule has 0 radical (unpaired) electrons. The number of nitrogens with two attached hydrogens (primary N) is 2.